The van der Waals surface area contributed by atoms with E-state index in [9.17, 15) is 9.90 Å². The van der Waals surface area contributed by atoms with Gasteiger partial charge in [0.05, 0.1) is 10.6 Å². The number of halogens is 1. The average molecular weight is 306 g/mol. The first-order valence-electron chi connectivity index (χ1n) is 6.29. The highest BCUT2D eigenvalue weighted by Crippen LogP contribution is 2.32. The van der Waals surface area contributed by atoms with Crippen LogP contribution in [0.25, 0.3) is 0 Å². The van der Waals surface area contributed by atoms with Crippen LogP contribution in [0.5, 0.6) is 17.2 Å². The number of benzene rings is 2. The lowest BCUT2D eigenvalue weighted by molar-refractivity contribution is 0.0950. The van der Waals surface area contributed by atoms with Crippen LogP contribution in [0, 0.1) is 0 Å². The highest BCUT2D eigenvalue weighted by Gasteiger charge is 2.14. The second-order valence-electron chi connectivity index (χ2n) is 4.53. The van der Waals surface area contributed by atoms with Gasteiger partial charge in [-0.3, -0.25) is 4.79 Å². The average Bonchev–Trinajstić information content (AvgIpc) is 2.94. The summed E-state index contributed by atoms with van der Waals surface area (Å²) in [6.45, 7) is 0.533. The maximum absolute atomic E-state index is 12.1. The lowest BCUT2D eigenvalue weighted by Gasteiger charge is -2.08. The molecular weight excluding hydrogens is 294 g/mol. The van der Waals surface area contributed by atoms with E-state index in [1.165, 1.54) is 18.2 Å². The predicted octanol–water partition coefficient (Wildman–Crippen LogP) is 2.70. The van der Waals surface area contributed by atoms with Crippen molar-refractivity contribution in [3.63, 3.8) is 0 Å². The van der Waals surface area contributed by atoms with Gasteiger partial charge in [0.15, 0.2) is 11.5 Å². The number of phenolic OH excluding ortho intramolecular Hbond substituents is 1. The van der Waals surface area contributed by atoms with Crippen LogP contribution in [-0.4, -0.2) is 17.8 Å². The fraction of sp³-hybridized carbons (Fsp3) is 0.133. The monoisotopic (exact) mass is 305 g/mol. The smallest absolute Gasteiger partial charge is 0.253 e. The number of carbonyl (C=O) groups is 1. The number of amides is 1. The molecule has 108 valence electrons. The van der Waals surface area contributed by atoms with E-state index >= 15 is 0 Å². The Morgan fingerprint density at radius 2 is 2.00 bits per heavy atom. The number of phenols is 1. The summed E-state index contributed by atoms with van der Waals surface area (Å²) >= 11 is 5.94. The summed E-state index contributed by atoms with van der Waals surface area (Å²) in [5.74, 6) is 0.999. The Labute approximate surface area is 126 Å². The van der Waals surface area contributed by atoms with Crippen LogP contribution in [0.15, 0.2) is 36.4 Å². The van der Waals surface area contributed by atoms with Crippen molar-refractivity contribution in [2.45, 2.75) is 6.54 Å². The van der Waals surface area contributed by atoms with E-state index in [0.29, 0.717) is 18.0 Å². The van der Waals surface area contributed by atoms with Gasteiger partial charge in [-0.15, -0.1) is 0 Å². The summed E-state index contributed by atoms with van der Waals surface area (Å²) in [5.41, 5.74) is 1.11. The molecule has 0 fully saturated rings. The van der Waals surface area contributed by atoms with Gasteiger partial charge in [0.1, 0.15) is 5.75 Å². The third-order valence-corrected chi connectivity index (χ3v) is 3.41. The normalized spacial score (nSPS) is 12.2. The Bertz CT molecular complexity index is 702. The number of ether oxygens (including phenoxy) is 2. The summed E-state index contributed by atoms with van der Waals surface area (Å²) in [4.78, 5) is 12.1. The number of fused-ring (bicyclic) bond motifs is 1. The zero-order valence-electron chi connectivity index (χ0n) is 10.9. The van der Waals surface area contributed by atoms with Gasteiger partial charge in [-0.25, -0.2) is 0 Å². The van der Waals surface area contributed by atoms with Gasteiger partial charge < -0.3 is 19.9 Å². The van der Waals surface area contributed by atoms with Gasteiger partial charge in [-0.2, -0.15) is 0 Å². The Balaban J connectivity index is 1.70. The summed E-state index contributed by atoms with van der Waals surface area (Å²) in [7, 11) is 0. The van der Waals surface area contributed by atoms with Gasteiger partial charge in [-0.05, 0) is 35.9 Å². The quantitative estimate of drug-likeness (QED) is 0.915. The van der Waals surface area contributed by atoms with E-state index in [1.54, 1.807) is 6.07 Å². The van der Waals surface area contributed by atoms with Crippen LogP contribution in [0.1, 0.15) is 15.9 Å². The largest absolute Gasteiger partial charge is 0.508 e. The number of nitrogens with one attached hydrogen (secondary N) is 1. The maximum Gasteiger partial charge on any atom is 0.253 e. The highest BCUT2D eigenvalue weighted by atomic mass is 35.5. The Hall–Kier alpha value is -2.40. The summed E-state index contributed by atoms with van der Waals surface area (Å²) < 4.78 is 10.5. The van der Waals surface area contributed by atoms with Crippen molar-refractivity contribution in [3.8, 4) is 17.2 Å². The minimum atomic E-state index is -0.353. The van der Waals surface area contributed by atoms with Gasteiger partial charge in [-0.1, -0.05) is 17.7 Å². The van der Waals surface area contributed by atoms with E-state index in [4.69, 9.17) is 21.1 Å². The molecule has 0 radical (unpaired) electrons. The van der Waals surface area contributed by atoms with Crippen molar-refractivity contribution in [1.29, 1.82) is 0 Å². The van der Waals surface area contributed by atoms with E-state index in [2.05, 4.69) is 5.32 Å². The topological polar surface area (TPSA) is 67.8 Å². The Kier molecular flexibility index (Phi) is 3.58. The molecule has 3 rings (SSSR count). The van der Waals surface area contributed by atoms with Crippen molar-refractivity contribution < 1.29 is 19.4 Å². The number of hydrogen-bond acceptors (Lipinski definition) is 4. The van der Waals surface area contributed by atoms with E-state index in [-0.39, 0.29) is 29.0 Å². The number of hydrogen-bond donors (Lipinski definition) is 2. The van der Waals surface area contributed by atoms with Crippen LogP contribution in [-0.2, 0) is 6.54 Å². The second kappa shape index (κ2) is 5.54. The third kappa shape index (κ3) is 2.87. The molecule has 2 aromatic carbocycles. The van der Waals surface area contributed by atoms with Crippen LogP contribution < -0.4 is 14.8 Å². The molecule has 1 aliphatic heterocycles. The Morgan fingerprint density at radius 3 is 2.86 bits per heavy atom. The molecule has 1 amide bonds. The molecular formula is C15H12ClNO4. The fourth-order valence-electron chi connectivity index (χ4n) is 2.02. The van der Waals surface area contributed by atoms with Crippen LogP contribution in [0.2, 0.25) is 5.02 Å². The van der Waals surface area contributed by atoms with Crippen LogP contribution in [0.4, 0.5) is 0 Å². The van der Waals surface area contributed by atoms with Gasteiger partial charge in [0.25, 0.3) is 5.91 Å². The number of rotatable bonds is 3. The minimum absolute atomic E-state index is 0.00682. The van der Waals surface area contributed by atoms with E-state index < -0.39 is 0 Å². The zero-order chi connectivity index (χ0) is 14.8. The first kappa shape index (κ1) is 13.6. The number of aromatic hydroxyl groups is 1. The van der Waals surface area contributed by atoms with E-state index in [1.807, 2.05) is 12.1 Å². The van der Waals surface area contributed by atoms with Crippen LogP contribution in [0.3, 0.4) is 0 Å². The molecule has 0 saturated carbocycles. The minimum Gasteiger partial charge on any atom is -0.508 e. The molecule has 1 aliphatic rings. The first-order chi connectivity index (χ1) is 10.1. The molecule has 0 atom stereocenters. The zero-order valence-corrected chi connectivity index (χ0v) is 11.7. The fourth-order valence-corrected chi connectivity index (χ4v) is 2.22. The third-order valence-electron chi connectivity index (χ3n) is 3.08. The van der Waals surface area contributed by atoms with E-state index in [0.717, 1.165) is 5.56 Å². The van der Waals surface area contributed by atoms with Crippen molar-refractivity contribution >= 4 is 17.5 Å². The van der Waals surface area contributed by atoms with Gasteiger partial charge in [0.2, 0.25) is 6.79 Å². The maximum atomic E-state index is 12.1. The highest BCUT2D eigenvalue weighted by molar-refractivity contribution is 6.33. The molecule has 0 aromatic heterocycles. The van der Waals surface area contributed by atoms with Gasteiger partial charge in [0, 0.05) is 6.54 Å². The second-order valence-corrected chi connectivity index (χ2v) is 4.94. The molecule has 0 saturated heterocycles. The Morgan fingerprint density at radius 1 is 1.19 bits per heavy atom. The number of carbonyl (C=O) groups excluding carboxylic acids is 1. The van der Waals surface area contributed by atoms with Crippen molar-refractivity contribution in [1.82, 2.24) is 5.32 Å². The summed E-state index contributed by atoms with van der Waals surface area (Å²) in [6, 6.07) is 9.69. The molecule has 2 aromatic rings. The lowest BCUT2D eigenvalue weighted by atomic mass is 10.1. The molecule has 0 spiro atoms. The standard InChI is InChI=1S/C15H12ClNO4/c16-12-3-2-10(18)6-11(12)15(19)17-7-9-1-4-13-14(5-9)21-8-20-13/h1-6,18H,7-8H2,(H,17,19). The lowest BCUT2D eigenvalue weighted by Crippen LogP contribution is -2.23. The van der Waals surface area contributed by atoms with Crippen molar-refractivity contribution in [2.75, 3.05) is 6.79 Å². The molecule has 5 nitrogen and oxygen atoms in total. The van der Waals surface area contributed by atoms with Crippen molar-refractivity contribution in [2.24, 2.45) is 0 Å². The summed E-state index contributed by atoms with van der Waals surface area (Å²) in [6.07, 6.45) is 0. The molecule has 0 aliphatic carbocycles. The molecule has 1 heterocycles. The first-order valence-corrected chi connectivity index (χ1v) is 6.66. The van der Waals surface area contributed by atoms with Crippen LogP contribution >= 0.6 is 11.6 Å². The molecule has 21 heavy (non-hydrogen) atoms. The predicted molar refractivity (Wildman–Crippen MR) is 76.9 cm³/mol. The van der Waals surface area contributed by atoms with Gasteiger partial charge >= 0.3 is 0 Å². The molecule has 0 bridgehead atoms. The molecule has 0 unspecified atom stereocenters. The SMILES string of the molecule is O=C(NCc1ccc2c(c1)OCO2)c1cc(O)ccc1Cl. The van der Waals surface area contributed by atoms with Crippen molar-refractivity contribution in [3.05, 3.63) is 52.5 Å². The summed E-state index contributed by atoms with van der Waals surface area (Å²) in [5, 5.41) is 12.4. The molecule has 2 N–H and O–H groups in total. The molecule has 6 heteroatoms.